The van der Waals surface area contributed by atoms with Crippen LogP contribution in [0.2, 0.25) is 5.02 Å². The van der Waals surface area contributed by atoms with Gasteiger partial charge in [0.05, 0.1) is 0 Å². The molecule has 3 N–H and O–H groups in total. The van der Waals surface area contributed by atoms with Gasteiger partial charge in [-0.1, -0.05) is 29.8 Å². The fourth-order valence-electron chi connectivity index (χ4n) is 2.23. The number of hydrogen-bond acceptors (Lipinski definition) is 2. The molecular weight excluding hydrogens is 294 g/mol. The van der Waals surface area contributed by atoms with Crippen molar-refractivity contribution in [3.8, 4) is 0 Å². The van der Waals surface area contributed by atoms with Crippen LogP contribution in [-0.4, -0.2) is 6.04 Å². The van der Waals surface area contributed by atoms with Crippen molar-refractivity contribution in [2.45, 2.75) is 25.8 Å². The molecule has 0 bridgehead atoms. The van der Waals surface area contributed by atoms with Crippen LogP contribution in [0, 0.1) is 18.6 Å². The van der Waals surface area contributed by atoms with Crippen LogP contribution in [0.15, 0.2) is 36.4 Å². The summed E-state index contributed by atoms with van der Waals surface area (Å²) < 4.78 is 26.6. The minimum absolute atomic E-state index is 0.190. The molecular formula is C16H17ClF2N2. The van der Waals surface area contributed by atoms with E-state index >= 15 is 0 Å². The number of halogens is 3. The van der Waals surface area contributed by atoms with Crippen LogP contribution in [0.3, 0.4) is 0 Å². The molecule has 0 aliphatic carbocycles. The van der Waals surface area contributed by atoms with Gasteiger partial charge in [0.1, 0.15) is 11.6 Å². The molecule has 2 aromatic carbocycles. The Labute approximate surface area is 127 Å². The second kappa shape index (κ2) is 6.98. The average Bonchev–Trinajstić information content (AvgIpc) is 2.43. The third-order valence-corrected chi connectivity index (χ3v) is 3.74. The maximum absolute atomic E-state index is 13.7. The number of hydrogen-bond donors (Lipinski definition) is 2. The number of rotatable bonds is 5. The molecule has 0 aliphatic rings. The summed E-state index contributed by atoms with van der Waals surface area (Å²) in [7, 11) is 0. The monoisotopic (exact) mass is 310 g/mol. The molecule has 0 radical (unpaired) electrons. The van der Waals surface area contributed by atoms with Crippen LogP contribution in [0.1, 0.15) is 16.7 Å². The van der Waals surface area contributed by atoms with E-state index in [0.29, 0.717) is 23.4 Å². The highest BCUT2D eigenvalue weighted by Crippen LogP contribution is 2.20. The summed E-state index contributed by atoms with van der Waals surface area (Å²) in [5, 5.41) is 0.662. The van der Waals surface area contributed by atoms with Gasteiger partial charge in [-0.05, 0) is 48.6 Å². The van der Waals surface area contributed by atoms with Gasteiger partial charge in [0.25, 0.3) is 0 Å². The Morgan fingerprint density at radius 3 is 2.38 bits per heavy atom. The predicted molar refractivity (Wildman–Crippen MR) is 81.1 cm³/mol. The molecule has 21 heavy (non-hydrogen) atoms. The smallest absolute Gasteiger partial charge is 0.129 e. The minimum Gasteiger partial charge on any atom is -0.271 e. The lowest BCUT2D eigenvalue weighted by atomic mass is 9.98. The second-order valence-corrected chi connectivity index (χ2v) is 5.51. The number of benzene rings is 2. The maximum Gasteiger partial charge on any atom is 0.129 e. The van der Waals surface area contributed by atoms with Crippen LogP contribution < -0.4 is 11.3 Å². The summed E-state index contributed by atoms with van der Waals surface area (Å²) in [5.74, 6) is 4.39. The van der Waals surface area contributed by atoms with Gasteiger partial charge in [-0.15, -0.1) is 0 Å². The zero-order valence-corrected chi connectivity index (χ0v) is 12.4. The lowest BCUT2D eigenvalue weighted by Crippen LogP contribution is -2.38. The van der Waals surface area contributed by atoms with Gasteiger partial charge in [-0.3, -0.25) is 11.3 Å². The van der Waals surface area contributed by atoms with E-state index in [1.807, 2.05) is 25.1 Å². The standard InChI is InChI=1S/C16H17ClF2N2/c1-10-2-3-11(15(17)6-10)7-14(21-20)8-12-4-5-13(18)9-16(12)19/h2-6,9,14,21H,7-8,20H2,1H3. The lowest BCUT2D eigenvalue weighted by molar-refractivity contribution is 0.502. The van der Waals surface area contributed by atoms with E-state index in [0.717, 1.165) is 17.2 Å². The Bertz CT molecular complexity index is 578. The van der Waals surface area contributed by atoms with Crippen LogP contribution in [0.4, 0.5) is 8.78 Å². The molecule has 0 saturated carbocycles. The van der Waals surface area contributed by atoms with Gasteiger partial charge in [0.15, 0.2) is 0 Å². The second-order valence-electron chi connectivity index (χ2n) is 5.10. The normalized spacial score (nSPS) is 12.4. The van der Waals surface area contributed by atoms with E-state index in [-0.39, 0.29) is 6.04 Å². The van der Waals surface area contributed by atoms with Gasteiger partial charge in [0, 0.05) is 17.1 Å². The van der Waals surface area contributed by atoms with Crippen molar-refractivity contribution in [3.63, 3.8) is 0 Å². The number of nitrogens with two attached hydrogens (primary N) is 1. The third kappa shape index (κ3) is 4.24. The Morgan fingerprint density at radius 1 is 1.10 bits per heavy atom. The van der Waals surface area contributed by atoms with Crippen molar-refractivity contribution < 1.29 is 8.78 Å². The molecule has 5 heteroatoms. The summed E-state index contributed by atoms with van der Waals surface area (Å²) >= 11 is 6.19. The SMILES string of the molecule is Cc1ccc(CC(Cc2ccc(F)cc2F)NN)c(Cl)c1. The third-order valence-electron chi connectivity index (χ3n) is 3.39. The summed E-state index contributed by atoms with van der Waals surface area (Å²) in [6, 6.07) is 9.14. The van der Waals surface area contributed by atoms with Gasteiger partial charge in [-0.25, -0.2) is 8.78 Å². The van der Waals surface area contributed by atoms with E-state index < -0.39 is 11.6 Å². The van der Waals surface area contributed by atoms with Crippen LogP contribution in [-0.2, 0) is 12.8 Å². The topological polar surface area (TPSA) is 38.0 Å². The van der Waals surface area contributed by atoms with Crippen molar-refractivity contribution in [2.75, 3.05) is 0 Å². The zero-order valence-electron chi connectivity index (χ0n) is 11.7. The zero-order chi connectivity index (χ0) is 15.4. The largest absolute Gasteiger partial charge is 0.271 e. The first-order valence-electron chi connectivity index (χ1n) is 6.64. The molecule has 112 valence electrons. The Morgan fingerprint density at radius 2 is 1.76 bits per heavy atom. The molecule has 0 amide bonds. The summed E-state index contributed by atoms with van der Waals surface area (Å²) in [6.45, 7) is 1.96. The highest BCUT2D eigenvalue weighted by Gasteiger charge is 2.14. The van der Waals surface area contributed by atoms with E-state index in [1.165, 1.54) is 12.1 Å². The molecule has 0 spiro atoms. The molecule has 2 aromatic rings. The summed E-state index contributed by atoms with van der Waals surface area (Å²) in [5.41, 5.74) is 5.10. The fraction of sp³-hybridized carbons (Fsp3) is 0.250. The Balaban J connectivity index is 2.13. The van der Waals surface area contributed by atoms with E-state index in [1.54, 1.807) is 0 Å². The average molecular weight is 311 g/mol. The first kappa shape index (κ1) is 15.9. The van der Waals surface area contributed by atoms with Crippen LogP contribution >= 0.6 is 11.6 Å². The highest BCUT2D eigenvalue weighted by atomic mass is 35.5. The predicted octanol–water partition coefficient (Wildman–Crippen LogP) is 3.54. The number of hydrazine groups is 1. The van der Waals surface area contributed by atoms with E-state index in [4.69, 9.17) is 17.4 Å². The van der Waals surface area contributed by atoms with Gasteiger partial charge >= 0.3 is 0 Å². The van der Waals surface area contributed by atoms with Crippen LogP contribution in [0.25, 0.3) is 0 Å². The van der Waals surface area contributed by atoms with Gasteiger partial charge < -0.3 is 0 Å². The van der Waals surface area contributed by atoms with Crippen molar-refractivity contribution in [2.24, 2.45) is 5.84 Å². The fourth-order valence-corrected chi connectivity index (χ4v) is 2.54. The highest BCUT2D eigenvalue weighted by molar-refractivity contribution is 6.31. The van der Waals surface area contributed by atoms with E-state index in [2.05, 4.69) is 5.43 Å². The molecule has 0 saturated heterocycles. The molecule has 0 aromatic heterocycles. The van der Waals surface area contributed by atoms with Gasteiger partial charge in [-0.2, -0.15) is 0 Å². The molecule has 2 rings (SSSR count). The number of nitrogens with one attached hydrogen (secondary N) is 1. The van der Waals surface area contributed by atoms with Crippen molar-refractivity contribution >= 4 is 11.6 Å². The van der Waals surface area contributed by atoms with Crippen molar-refractivity contribution in [1.82, 2.24) is 5.43 Å². The summed E-state index contributed by atoms with van der Waals surface area (Å²) in [6.07, 6.45) is 0.916. The lowest BCUT2D eigenvalue weighted by Gasteiger charge is -2.17. The molecule has 0 fully saturated rings. The van der Waals surface area contributed by atoms with Gasteiger partial charge in [0.2, 0.25) is 0 Å². The Kier molecular flexibility index (Phi) is 5.28. The molecule has 0 heterocycles. The quantitative estimate of drug-likeness (QED) is 0.655. The first-order valence-corrected chi connectivity index (χ1v) is 7.02. The summed E-state index contributed by atoms with van der Waals surface area (Å²) in [4.78, 5) is 0. The maximum atomic E-state index is 13.7. The Hall–Kier alpha value is -1.49. The number of aryl methyl sites for hydroxylation is 1. The molecule has 1 unspecified atom stereocenters. The van der Waals surface area contributed by atoms with Crippen molar-refractivity contribution in [3.05, 3.63) is 69.7 Å². The van der Waals surface area contributed by atoms with Crippen molar-refractivity contribution in [1.29, 1.82) is 0 Å². The molecule has 2 nitrogen and oxygen atoms in total. The van der Waals surface area contributed by atoms with E-state index in [9.17, 15) is 8.78 Å². The molecule has 0 aliphatic heterocycles. The molecule has 1 atom stereocenters. The van der Waals surface area contributed by atoms with Crippen LogP contribution in [0.5, 0.6) is 0 Å². The first-order chi connectivity index (χ1) is 9.99. The minimum atomic E-state index is -0.588.